The van der Waals surface area contributed by atoms with Crippen LogP contribution in [0, 0.1) is 10.1 Å². The van der Waals surface area contributed by atoms with Crippen molar-refractivity contribution < 1.29 is 24.4 Å². The number of aliphatic hydroxyl groups is 1. The van der Waals surface area contributed by atoms with Crippen LogP contribution in [0.3, 0.4) is 0 Å². The van der Waals surface area contributed by atoms with E-state index >= 15 is 0 Å². The number of hydrogen-bond donors (Lipinski definition) is 2. The molecule has 28 heavy (non-hydrogen) atoms. The summed E-state index contributed by atoms with van der Waals surface area (Å²) < 4.78 is 5.25. The van der Waals surface area contributed by atoms with Crippen LogP contribution in [0.2, 0.25) is 0 Å². The number of ether oxygens (including phenoxy) is 1. The highest BCUT2D eigenvalue weighted by Gasteiger charge is 2.24. The van der Waals surface area contributed by atoms with Gasteiger partial charge in [0.15, 0.2) is 6.10 Å². The Kier molecular flexibility index (Phi) is 7.22. The minimum absolute atomic E-state index is 0.0800. The van der Waals surface area contributed by atoms with E-state index in [1.54, 1.807) is 12.1 Å². The van der Waals surface area contributed by atoms with Gasteiger partial charge in [-0.1, -0.05) is 31.2 Å². The molecule has 0 bridgehead atoms. The molecule has 0 radical (unpaired) electrons. The largest absolute Gasteiger partial charge is 0.451 e. The molecule has 0 fully saturated rings. The standard InChI is InChI=1S/C20H22N2O6/c1-3-14-4-6-15(7-5-14)19(24)13(2)28-20(25)17-12-16(22(26)27)8-9-18(17)21-10-11-23/h4-9,12-13,21,23H,3,10-11H2,1-2H3/t13-/m1/s1. The minimum atomic E-state index is -1.06. The molecule has 0 amide bonds. The van der Waals surface area contributed by atoms with Crippen LogP contribution >= 0.6 is 0 Å². The fourth-order valence-corrected chi connectivity index (χ4v) is 2.58. The number of Topliss-reactive ketones (excluding diaryl/α,β-unsaturated/α-hetero) is 1. The zero-order valence-electron chi connectivity index (χ0n) is 15.7. The molecule has 2 rings (SSSR count). The third-order valence-electron chi connectivity index (χ3n) is 4.16. The molecule has 0 heterocycles. The van der Waals surface area contributed by atoms with Gasteiger partial charge in [0.2, 0.25) is 5.78 Å². The third-order valence-corrected chi connectivity index (χ3v) is 4.16. The van der Waals surface area contributed by atoms with Gasteiger partial charge in [-0.05, 0) is 25.0 Å². The zero-order valence-corrected chi connectivity index (χ0v) is 15.7. The molecule has 0 aliphatic heterocycles. The Labute approximate surface area is 162 Å². The van der Waals surface area contributed by atoms with Crippen molar-refractivity contribution in [1.82, 2.24) is 0 Å². The van der Waals surface area contributed by atoms with Crippen LogP contribution in [0.15, 0.2) is 42.5 Å². The quantitative estimate of drug-likeness (QED) is 0.294. The second-order valence-electron chi connectivity index (χ2n) is 6.10. The van der Waals surface area contributed by atoms with Gasteiger partial charge in [-0.2, -0.15) is 0 Å². The fraction of sp³-hybridized carbons (Fsp3) is 0.300. The first-order chi connectivity index (χ1) is 13.4. The average Bonchev–Trinajstić information content (AvgIpc) is 2.71. The number of hydrogen-bond acceptors (Lipinski definition) is 7. The number of rotatable bonds is 9. The molecular weight excluding hydrogens is 364 g/mol. The van der Waals surface area contributed by atoms with Crippen LogP contribution in [-0.4, -0.2) is 41.0 Å². The van der Waals surface area contributed by atoms with Crippen molar-refractivity contribution in [3.63, 3.8) is 0 Å². The Balaban J connectivity index is 2.20. The lowest BCUT2D eigenvalue weighted by Gasteiger charge is -2.15. The van der Waals surface area contributed by atoms with E-state index in [-0.39, 0.29) is 35.9 Å². The summed E-state index contributed by atoms with van der Waals surface area (Å²) in [6.07, 6.45) is -0.222. The fourth-order valence-electron chi connectivity index (χ4n) is 2.58. The molecule has 8 heteroatoms. The number of aryl methyl sites for hydroxylation is 1. The van der Waals surface area contributed by atoms with Crippen molar-refractivity contribution in [2.75, 3.05) is 18.5 Å². The number of esters is 1. The Bertz CT molecular complexity index is 863. The van der Waals surface area contributed by atoms with Gasteiger partial charge in [-0.25, -0.2) is 4.79 Å². The lowest BCUT2D eigenvalue weighted by Crippen LogP contribution is -2.25. The number of benzene rings is 2. The second-order valence-corrected chi connectivity index (χ2v) is 6.10. The molecule has 0 spiro atoms. The molecule has 0 unspecified atom stereocenters. The first-order valence-corrected chi connectivity index (χ1v) is 8.84. The number of anilines is 1. The summed E-state index contributed by atoms with van der Waals surface area (Å²) in [5.74, 6) is -1.23. The Hall–Kier alpha value is -3.26. The summed E-state index contributed by atoms with van der Waals surface area (Å²) in [5, 5.41) is 22.8. The number of carbonyl (C=O) groups is 2. The highest BCUT2D eigenvalue weighted by molar-refractivity contribution is 6.02. The molecule has 0 aromatic heterocycles. The number of carbonyl (C=O) groups excluding carboxylic acids is 2. The maximum atomic E-state index is 12.6. The monoisotopic (exact) mass is 386 g/mol. The van der Waals surface area contributed by atoms with E-state index in [2.05, 4.69) is 5.32 Å². The van der Waals surface area contributed by atoms with Crippen molar-refractivity contribution in [3.05, 3.63) is 69.3 Å². The molecule has 8 nitrogen and oxygen atoms in total. The normalized spacial score (nSPS) is 11.5. The smallest absolute Gasteiger partial charge is 0.341 e. The molecule has 148 valence electrons. The van der Waals surface area contributed by atoms with Crippen LogP contribution < -0.4 is 5.32 Å². The van der Waals surface area contributed by atoms with E-state index in [4.69, 9.17) is 9.84 Å². The summed E-state index contributed by atoms with van der Waals surface area (Å²) >= 11 is 0. The third kappa shape index (κ3) is 5.14. The van der Waals surface area contributed by atoms with E-state index < -0.39 is 17.0 Å². The van der Waals surface area contributed by atoms with E-state index in [1.165, 1.54) is 19.1 Å². The van der Waals surface area contributed by atoms with Crippen molar-refractivity contribution in [2.45, 2.75) is 26.4 Å². The lowest BCUT2D eigenvalue weighted by atomic mass is 10.0. The van der Waals surface area contributed by atoms with E-state index in [1.807, 2.05) is 19.1 Å². The Morgan fingerprint density at radius 1 is 1.21 bits per heavy atom. The van der Waals surface area contributed by atoms with E-state index in [0.29, 0.717) is 5.56 Å². The molecule has 2 aromatic carbocycles. The van der Waals surface area contributed by atoms with E-state index in [0.717, 1.165) is 18.1 Å². The first kappa shape index (κ1) is 21.0. The molecule has 1 atom stereocenters. The molecule has 0 aliphatic rings. The zero-order chi connectivity index (χ0) is 20.7. The van der Waals surface area contributed by atoms with Crippen LogP contribution in [0.4, 0.5) is 11.4 Å². The van der Waals surface area contributed by atoms with Gasteiger partial charge in [-0.3, -0.25) is 14.9 Å². The minimum Gasteiger partial charge on any atom is -0.451 e. The summed E-state index contributed by atoms with van der Waals surface area (Å²) in [5.41, 5.74) is 1.41. The molecule has 0 saturated carbocycles. The molecule has 2 aromatic rings. The summed E-state index contributed by atoms with van der Waals surface area (Å²) in [6, 6.07) is 10.7. The average molecular weight is 386 g/mol. The van der Waals surface area contributed by atoms with Crippen LogP contribution in [0.1, 0.15) is 40.1 Å². The topological polar surface area (TPSA) is 119 Å². The number of nitrogens with one attached hydrogen (secondary N) is 1. The highest BCUT2D eigenvalue weighted by atomic mass is 16.6. The molecule has 2 N–H and O–H groups in total. The number of ketones is 1. The predicted molar refractivity (Wildman–Crippen MR) is 104 cm³/mol. The molecule has 0 aliphatic carbocycles. The maximum Gasteiger partial charge on any atom is 0.341 e. The van der Waals surface area contributed by atoms with Crippen molar-refractivity contribution in [3.8, 4) is 0 Å². The molecule has 0 saturated heterocycles. The first-order valence-electron chi connectivity index (χ1n) is 8.84. The van der Waals surface area contributed by atoms with Crippen molar-refractivity contribution >= 4 is 23.1 Å². The highest BCUT2D eigenvalue weighted by Crippen LogP contribution is 2.24. The number of nitro groups is 1. The van der Waals surface area contributed by atoms with Gasteiger partial charge in [0.05, 0.1) is 17.1 Å². The van der Waals surface area contributed by atoms with Gasteiger partial charge in [0.25, 0.3) is 5.69 Å². The predicted octanol–water partition coefficient (Wildman–Crippen LogP) is 2.99. The number of aliphatic hydroxyl groups excluding tert-OH is 1. The van der Waals surface area contributed by atoms with E-state index in [9.17, 15) is 19.7 Å². The second kappa shape index (κ2) is 9.61. The summed E-state index contributed by atoms with van der Waals surface area (Å²) in [4.78, 5) is 35.4. The van der Waals surface area contributed by atoms with Crippen LogP contribution in [-0.2, 0) is 11.2 Å². The van der Waals surface area contributed by atoms with Gasteiger partial charge in [-0.15, -0.1) is 0 Å². The molecular formula is C20H22N2O6. The van der Waals surface area contributed by atoms with Crippen molar-refractivity contribution in [1.29, 1.82) is 0 Å². The van der Waals surface area contributed by atoms with Gasteiger partial charge < -0.3 is 15.2 Å². The van der Waals surface area contributed by atoms with Gasteiger partial charge in [0, 0.05) is 29.9 Å². The van der Waals surface area contributed by atoms with Gasteiger partial charge in [0.1, 0.15) is 0 Å². The summed E-state index contributed by atoms with van der Waals surface area (Å²) in [6.45, 7) is 3.42. The Morgan fingerprint density at radius 3 is 2.46 bits per heavy atom. The summed E-state index contributed by atoms with van der Waals surface area (Å²) in [7, 11) is 0. The van der Waals surface area contributed by atoms with Crippen LogP contribution in [0.5, 0.6) is 0 Å². The Morgan fingerprint density at radius 2 is 1.89 bits per heavy atom. The van der Waals surface area contributed by atoms with Crippen LogP contribution in [0.25, 0.3) is 0 Å². The van der Waals surface area contributed by atoms with Crippen molar-refractivity contribution in [2.24, 2.45) is 0 Å². The maximum absolute atomic E-state index is 12.6. The number of nitro benzene ring substituents is 1. The number of nitrogens with zero attached hydrogens (tertiary/aromatic N) is 1. The SMILES string of the molecule is CCc1ccc(C(=O)[C@@H](C)OC(=O)c2cc([N+](=O)[O-])ccc2NCCO)cc1. The lowest BCUT2D eigenvalue weighted by molar-refractivity contribution is -0.384. The number of non-ortho nitro benzene ring substituents is 1. The van der Waals surface area contributed by atoms with Gasteiger partial charge >= 0.3 is 5.97 Å².